The lowest BCUT2D eigenvalue weighted by molar-refractivity contribution is 0.0955. The molecule has 0 aliphatic rings. The zero-order valence-corrected chi connectivity index (χ0v) is 19.2. The van der Waals surface area contributed by atoms with Crippen molar-refractivity contribution in [1.29, 1.82) is 0 Å². The van der Waals surface area contributed by atoms with E-state index in [4.69, 9.17) is 27.9 Å². The summed E-state index contributed by atoms with van der Waals surface area (Å²) in [5.41, 5.74) is 6.20. The number of nitrogens with one attached hydrogen (secondary N) is 1. The van der Waals surface area contributed by atoms with Gasteiger partial charge in [-0.25, -0.2) is 5.43 Å². The summed E-state index contributed by atoms with van der Waals surface area (Å²) in [7, 11) is 0. The highest BCUT2D eigenvalue weighted by molar-refractivity contribution is 6.42. The van der Waals surface area contributed by atoms with Gasteiger partial charge in [0.25, 0.3) is 5.91 Å². The van der Waals surface area contributed by atoms with Crippen molar-refractivity contribution in [2.45, 2.75) is 32.8 Å². The molecule has 0 atom stereocenters. The van der Waals surface area contributed by atoms with Crippen molar-refractivity contribution < 1.29 is 9.53 Å². The van der Waals surface area contributed by atoms with Gasteiger partial charge < -0.3 is 4.74 Å². The quantitative estimate of drug-likeness (QED) is 0.335. The van der Waals surface area contributed by atoms with Crippen LogP contribution in [0, 0.1) is 0 Å². The maximum atomic E-state index is 12.3. The Balaban J connectivity index is 1.52. The number of ether oxygens (including phenoxy) is 1. The second-order valence-electron chi connectivity index (χ2n) is 8.13. The highest BCUT2D eigenvalue weighted by atomic mass is 35.5. The summed E-state index contributed by atoms with van der Waals surface area (Å²) in [4.78, 5) is 12.3. The topological polar surface area (TPSA) is 50.7 Å². The molecule has 0 aliphatic carbocycles. The molecule has 6 heteroatoms. The zero-order chi connectivity index (χ0) is 22.4. The Bertz CT molecular complexity index is 1070. The van der Waals surface area contributed by atoms with E-state index in [1.165, 1.54) is 5.56 Å². The number of amides is 1. The summed E-state index contributed by atoms with van der Waals surface area (Å²) in [6.07, 6.45) is 1.62. The number of hydrogen-bond donors (Lipinski definition) is 1. The molecule has 0 unspecified atom stereocenters. The van der Waals surface area contributed by atoms with Crippen molar-refractivity contribution in [3.63, 3.8) is 0 Å². The van der Waals surface area contributed by atoms with Crippen LogP contribution in [0.3, 0.4) is 0 Å². The van der Waals surface area contributed by atoms with Gasteiger partial charge in [0.2, 0.25) is 0 Å². The number of carbonyl (C=O) groups excluding carboxylic acids is 1. The first kappa shape index (κ1) is 22.9. The summed E-state index contributed by atoms with van der Waals surface area (Å²) < 4.78 is 5.73. The van der Waals surface area contributed by atoms with Crippen molar-refractivity contribution in [1.82, 2.24) is 5.43 Å². The Labute approximate surface area is 192 Å². The first-order valence-electron chi connectivity index (χ1n) is 9.83. The van der Waals surface area contributed by atoms with Crippen molar-refractivity contribution in [2.75, 3.05) is 0 Å². The smallest absolute Gasteiger partial charge is 0.271 e. The Morgan fingerprint density at radius 1 is 0.968 bits per heavy atom. The first-order valence-corrected chi connectivity index (χ1v) is 10.6. The van der Waals surface area contributed by atoms with Gasteiger partial charge in [-0.1, -0.05) is 74.3 Å². The Kier molecular flexibility index (Phi) is 7.37. The average molecular weight is 455 g/mol. The number of nitrogens with zero attached hydrogens (tertiary/aromatic N) is 1. The number of carbonyl (C=O) groups is 1. The monoisotopic (exact) mass is 454 g/mol. The van der Waals surface area contributed by atoms with E-state index in [0.29, 0.717) is 28.0 Å². The summed E-state index contributed by atoms with van der Waals surface area (Å²) in [5, 5.41) is 5.04. The van der Waals surface area contributed by atoms with E-state index in [9.17, 15) is 4.79 Å². The van der Waals surface area contributed by atoms with Crippen LogP contribution in [0.5, 0.6) is 5.75 Å². The van der Waals surface area contributed by atoms with Crippen LogP contribution in [0.2, 0.25) is 10.0 Å². The van der Waals surface area contributed by atoms with Gasteiger partial charge in [0.1, 0.15) is 12.4 Å². The minimum atomic E-state index is -0.293. The van der Waals surface area contributed by atoms with Crippen LogP contribution in [0.1, 0.15) is 47.8 Å². The molecule has 0 radical (unpaired) electrons. The van der Waals surface area contributed by atoms with Crippen molar-refractivity contribution >= 4 is 35.3 Å². The second-order valence-corrected chi connectivity index (χ2v) is 8.95. The Morgan fingerprint density at radius 3 is 2.26 bits per heavy atom. The third-order valence-corrected chi connectivity index (χ3v) is 5.40. The Morgan fingerprint density at radius 2 is 1.65 bits per heavy atom. The molecule has 3 rings (SSSR count). The standard InChI is InChI=1S/C25H24Cl2N2O2/c1-25(2,3)20-9-4-17(5-10-20)15-28-29-24(30)19-7-11-21(12-8-19)31-16-18-6-13-22(26)23(27)14-18/h4-15H,16H2,1-3H3,(H,29,30)/b28-15+. The molecule has 1 N–H and O–H groups in total. The molecule has 0 aliphatic heterocycles. The number of halogens is 2. The highest BCUT2D eigenvalue weighted by Gasteiger charge is 2.12. The maximum Gasteiger partial charge on any atom is 0.271 e. The SMILES string of the molecule is CC(C)(C)c1ccc(/C=N/NC(=O)c2ccc(OCc3ccc(Cl)c(Cl)c3)cc2)cc1. The van der Waals surface area contributed by atoms with Crippen molar-refractivity contribution in [3.05, 3.63) is 99.0 Å². The zero-order valence-electron chi connectivity index (χ0n) is 17.7. The van der Waals surface area contributed by atoms with Gasteiger partial charge in [-0.2, -0.15) is 5.10 Å². The maximum absolute atomic E-state index is 12.3. The Hall–Kier alpha value is -2.82. The molecule has 0 bridgehead atoms. The minimum absolute atomic E-state index is 0.0988. The average Bonchev–Trinajstić information content (AvgIpc) is 2.74. The first-order chi connectivity index (χ1) is 14.7. The predicted octanol–water partition coefficient (Wildman–Crippen LogP) is 6.63. The molecule has 3 aromatic carbocycles. The predicted molar refractivity (Wildman–Crippen MR) is 127 cm³/mol. The molecule has 0 fully saturated rings. The van der Waals surface area contributed by atoms with Gasteiger partial charge >= 0.3 is 0 Å². The third-order valence-electron chi connectivity index (χ3n) is 4.66. The van der Waals surface area contributed by atoms with Gasteiger partial charge in [0, 0.05) is 5.56 Å². The molecule has 0 saturated heterocycles. The summed E-state index contributed by atoms with van der Waals surface area (Å²) in [5.74, 6) is 0.351. The molecule has 160 valence electrons. The second kappa shape index (κ2) is 9.99. The number of benzene rings is 3. The fourth-order valence-corrected chi connectivity index (χ4v) is 3.12. The highest BCUT2D eigenvalue weighted by Crippen LogP contribution is 2.24. The molecular formula is C25H24Cl2N2O2. The van der Waals surface area contributed by atoms with Gasteiger partial charge in [0.15, 0.2) is 0 Å². The fourth-order valence-electron chi connectivity index (χ4n) is 2.80. The number of hydrogen-bond acceptors (Lipinski definition) is 3. The van der Waals surface area contributed by atoms with Crippen LogP contribution in [0.15, 0.2) is 71.8 Å². The summed E-state index contributed by atoms with van der Waals surface area (Å²) in [6, 6.07) is 20.3. The lowest BCUT2D eigenvalue weighted by atomic mass is 9.87. The van der Waals surface area contributed by atoms with E-state index < -0.39 is 0 Å². The van der Waals surface area contributed by atoms with E-state index in [0.717, 1.165) is 11.1 Å². The van der Waals surface area contributed by atoms with Gasteiger partial charge in [-0.15, -0.1) is 0 Å². The molecule has 3 aromatic rings. The normalized spacial score (nSPS) is 11.5. The van der Waals surface area contributed by atoms with E-state index in [1.807, 2.05) is 18.2 Å². The summed E-state index contributed by atoms with van der Waals surface area (Å²) >= 11 is 11.9. The van der Waals surface area contributed by atoms with E-state index in [-0.39, 0.29) is 11.3 Å². The number of hydrazone groups is 1. The third kappa shape index (κ3) is 6.58. The molecule has 4 nitrogen and oxygen atoms in total. The van der Waals surface area contributed by atoms with Crippen LogP contribution in [0.25, 0.3) is 0 Å². The molecule has 31 heavy (non-hydrogen) atoms. The van der Waals surface area contributed by atoms with Crippen molar-refractivity contribution in [2.24, 2.45) is 5.10 Å². The minimum Gasteiger partial charge on any atom is -0.489 e. The molecule has 0 spiro atoms. The summed E-state index contributed by atoms with van der Waals surface area (Å²) in [6.45, 7) is 6.85. The fraction of sp³-hybridized carbons (Fsp3) is 0.200. The van der Waals surface area contributed by atoms with E-state index in [1.54, 1.807) is 42.6 Å². The van der Waals surface area contributed by atoms with Gasteiger partial charge in [-0.05, 0) is 58.5 Å². The lowest BCUT2D eigenvalue weighted by Crippen LogP contribution is -2.17. The van der Waals surface area contributed by atoms with E-state index >= 15 is 0 Å². The van der Waals surface area contributed by atoms with Crippen LogP contribution in [-0.2, 0) is 12.0 Å². The number of rotatable bonds is 6. The molecule has 0 heterocycles. The van der Waals surface area contributed by atoms with E-state index in [2.05, 4.69) is 43.4 Å². The van der Waals surface area contributed by atoms with Crippen LogP contribution < -0.4 is 10.2 Å². The molecule has 0 aromatic heterocycles. The van der Waals surface area contributed by atoms with Crippen LogP contribution in [0.4, 0.5) is 0 Å². The largest absolute Gasteiger partial charge is 0.489 e. The van der Waals surface area contributed by atoms with Gasteiger partial charge in [-0.3, -0.25) is 4.79 Å². The van der Waals surface area contributed by atoms with Gasteiger partial charge in [0.05, 0.1) is 16.3 Å². The lowest BCUT2D eigenvalue weighted by Gasteiger charge is -2.18. The van der Waals surface area contributed by atoms with Crippen molar-refractivity contribution in [3.8, 4) is 5.75 Å². The van der Waals surface area contributed by atoms with Crippen LogP contribution in [-0.4, -0.2) is 12.1 Å². The molecule has 1 amide bonds. The molecular weight excluding hydrogens is 431 g/mol. The molecule has 0 saturated carbocycles. The van der Waals surface area contributed by atoms with Crippen LogP contribution >= 0.6 is 23.2 Å².